The minimum atomic E-state index is -5.40. The van der Waals surface area contributed by atoms with Crippen LogP contribution in [0.4, 0.5) is 17.1 Å². The molecule has 0 amide bonds. The van der Waals surface area contributed by atoms with Gasteiger partial charge >= 0.3 is 46.6 Å². The Hall–Kier alpha value is -1.71. The summed E-state index contributed by atoms with van der Waals surface area (Å²) in [7, 11) is -5.40. The molecule has 0 radical (unpaired) electrons. The first-order valence-electron chi connectivity index (χ1n) is 4.13. The van der Waals surface area contributed by atoms with E-state index in [4.69, 9.17) is 0 Å². The average molecular weight is 333 g/mol. The van der Waals surface area contributed by atoms with E-state index in [1.165, 1.54) is 0 Å². The molecule has 21 heavy (non-hydrogen) atoms. The zero-order valence-corrected chi connectivity index (χ0v) is 12.9. The zero-order chi connectivity index (χ0) is 15.0. The summed E-state index contributed by atoms with van der Waals surface area (Å²) in [6, 6.07) is 0.627. The maximum absolute atomic E-state index is 10.8. The molecule has 1 rings (SSSR count). The number of nitrogens with zero attached hydrogens (tertiary/aromatic N) is 3. The molecular formula is C6H4N3NaO10S. The second kappa shape index (κ2) is 7.34. The molecule has 0 saturated heterocycles. The van der Waals surface area contributed by atoms with Gasteiger partial charge in [0.1, 0.15) is 15.0 Å². The Morgan fingerprint density at radius 3 is 1.57 bits per heavy atom. The predicted molar refractivity (Wildman–Crippen MR) is 58.0 cm³/mol. The summed E-state index contributed by atoms with van der Waals surface area (Å²) in [6.07, 6.45) is 0. The van der Waals surface area contributed by atoms with Crippen LogP contribution in [0.1, 0.15) is 0 Å². The minimum Gasteiger partial charge on any atom is -0.744 e. The maximum Gasteiger partial charge on any atom is 1.00 e. The van der Waals surface area contributed by atoms with Crippen LogP contribution in [-0.4, -0.2) is 33.2 Å². The van der Waals surface area contributed by atoms with Crippen LogP contribution in [0.15, 0.2) is 17.0 Å². The quantitative estimate of drug-likeness (QED) is 0.230. The van der Waals surface area contributed by atoms with Crippen LogP contribution in [0.25, 0.3) is 0 Å². The zero-order valence-electron chi connectivity index (χ0n) is 10.1. The summed E-state index contributed by atoms with van der Waals surface area (Å²) >= 11 is 0. The van der Waals surface area contributed by atoms with Gasteiger partial charge in [0.15, 0.2) is 0 Å². The Balaban J connectivity index is 0. The van der Waals surface area contributed by atoms with Crippen LogP contribution < -0.4 is 29.6 Å². The second-order valence-corrected chi connectivity index (χ2v) is 4.35. The van der Waals surface area contributed by atoms with Crippen LogP contribution in [0, 0.1) is 30.3 Å². The normalized spacial score (nSPS) is 9.95. The third-order valence-corrected chi connectivity index (χ3v) is 2.79. The molecule has 1 aromatic carbocycles. The fourth-order valence-electron chi connectivity index (χ4n) is 1.26. The predicted octanol–water partition coefficient (Wildman–Crippen LogP) is -3.51. The first kappa shape index (κ1) is 21.6. The number of hydrogen-bond donors (Lipinski definition) is 0. The molecule has 2 N–H and O–H groups in total. The summed E-state index contributed by atoms with van der Waals surface area (Å²) in [6.45, 7) is 0. The van der Waals surface area contributed by atoms with E-state index in [0.29, 0.717) is 6.07 Å². The fourth-order valence-corrected chi connectivity index (χ4v) is 1.90. The molecule has 0 fully saturated rings. The van der Waals surface area contributed by atoms with E-state index in [0.717, 1.165) is 0 Å². The molecule has 15 heteroatoms. The second-order valence-electron chi connectivity index (χ2n) is 3.01. The monoisotopic (exact) mass is 333 g/mol. The van der Waals surface area contributed by atoms with Crippen LogP contribution in [0.3, 0.4) is 0 Å². The van der Waals surface area contributed by atoms with E-state index in [9.17, 15) is 43.3 Å². The molecule has 0 atom stereocenters. The topological polar surface area (TPSA) is 218 Å². The molecule has 0 aliphatic rings. The third kappa shape index (κ3) is 4.38. The smallest absolute Gasteiger partial charge is 0.744 e. The van der Waals surface area contributed by atoms with E-state index < -0.39 is 46.8 Å². The number of nitro benzene ring substituents is 3. The van der Waals surface area contributed by atoms with E-state index in [1.807, 2.05) is 0 Å². The molecule has 0 aliphatic carbocycles. The van der Waals surface area contributed by atoms with Crippen molar-refractivity contribution in [3.63, 3.8) is 0 Å². The van der Waals surface area contributed by atoms with Crippen molar-refractivity contribution < 1.29 is 62.8 Å². The number of hydrogen-bond acceptors (Lipinski definition) is 9. The van der Waals surface area contributed by atoms with Gasteiger partial charge in [-0.2, -0.15) is 0 Å². The first-order valence-corrected chi connectivity index (χ1v) is 5.54. The molecule has 0 bridgehead atoms. The van der Waals surface area contributed by atoms with Crippen molar-refractivity contribution in [1.29, 1.82) is 0 Å². The average Bonchev–Trinajstić information content (AvgIpc) is 2.25. The van der Waals surface area contributed by atoms with E-state index in [1.54, 1.807) is 0 Å². The van der Waals surface area contributed by atoms with Crippen LogP contribution >= 0.6 is 0 Å². The van der Waals surface area contributed by atoms with Crippen molar-refractivity contribution in [2.24, 2.45) is 0 Å². The Morgan fingerprint density at radius 2 is 1.29 bits per heavy atom. The molecule has 0 unspecified atom stereocenters. The van der Waals surface area contributed by atoms with Gasteiger partial charge in [0.25, 0.3) is 0 Å². The number of rotatable bonds is 4. The van der Waals surface area contributed by atoms with Crippen molar-refractivity contribution >= 4 is 27.2 Å². The summed E-state index contributed by atoms with van der Waals surface area (Å²) in [5, 5.41) is 31.8. The molecule has 13 nitrogen and oxygen atoms in total. The minimum absolute atomic E-state index is 0. The maximum atomic E-state index is 10.8. The van der Waals surface area contributed by atoms with Gasteiger partial charge in [0.2, 0.25) is 0 Å². The molecule has 0 aliphatic heterocycles. The van der Waals surface area contributed by atoms with Gasteiger partial charge in [0.05, 0.1) is 14.8 Å². The van der Waals surface area contributed by atoms with Gasteiger partial charge in [-0.25, -0.2) is 8.42 Å². The largest absolute Gasteiger partial charge is 1.00 e. The standard InChI is InChI=1S/C6H3N3O9S.Na.H2O/c10-7(11)3-1-2-4(19(16,17)18)6(9(14)15)5(3)8(12)13;;/h1-2H,(H,16,17,18);;1H2/q;+1;/p-1. The first-order chi connectivity index (χ1) is 8.57. The Morgan fingerprint density at radius 1 is 0.857 bits per heavy atom. The molecular weight excluding hydrogens is 329 g/mol. The van der Waals surface area contributed by atoms with Gasteiger partial charge in [-0.1, -0.05) is 0 Å². The van der Waals surface area contributed by atoms with Crippen LogP contribution in [0.5, 0.6) is 0 Å². The Bertz CT molecular complexity index is 701. The fraction of sp³-hybridized carbons (Fsp3) is 0. The summed E-state index contributed by atoms with van der Waals surface area (Å²) in [5.74, 6) is 0. The van der Waals surface area contributed by atoms with Gasteiger partial charge in [-0.05, 0) is 6.07 Å². The van der Waals surface area contributed by atoms with E-state index in [-0.39, 0.29) is 41.1 Å². The van der Waals surface area contributed by atoms with Gasteiger partial charge in [-0.15, -0.1) is 0 Å². The number of benzene rings is 1. The van der Waals surface area contributed by atoms with Gasteiger partial charge < -0.3 is 10.0 Å². The van der Waals surface area contributed by atoms with Crippen molar-refractivity contribution in [3.8, 4) is 0 Å². The Kier molecular flexibility index (Phi) is 7.55. The SMILES string of the molecule is O.O=[N+]([O-])c1ccc(S(=O)(=O)[O-])c([N+](=O)[O-])c1[N+](=O)[O-].[Na+]. The van der Waals surface area contributed by atoms with Gasteiger partial charge in [0, 0.05) is 6.07 Å². The molecule has 0 aromatic heterocycles. The summed E-state index contributed by atoms with van der Waals surface area (Å²) < 4.78 is 32.3. The molecule has 0 spiro atoms. The molecule has 0 saturated carbocycles. The molecule has 1 aromatic rings. The molecule has 110 valence electrons. The van der Waals surface area contributed by atoms with E-state index in [2.05, 4.69) is 0 Å². The summed E-state index contributed by atoms with van der Waals surface area (Å²) in [4.78, 5) is 26.0. The van der Waals surface area contributed by atoms with Crippen molar-refractivity contribution in [2.75, 3.05) is 0 Å². The van der Waals surface area contributed by atoms with Gasteiger partial charge in [-0.3, -0.25) is 30.3 Å². The number of nitro groups is 3. The summed E-state index contributed by atoms with van der Waals surface area (Å²) in [5.41, 5.74) is -4.68. The van der Waals surface area contributed by atoms with Crippen molar-refractivity contribution in [1.82, 2.24) is 0 Å². The third-order valence-electron chi connectivity index (χ3n) is 1.92. The van der Waals surface area contributed by atoms with Crippen LogP contribution in [0.2, 0.25) is 0 Å². The van der Waals surface area contributed by atoms with E-state index >= 15 is 0 Å². The van der Waals surface area contributed by atoms with Crippen LogP contribution in [-0.2, 0) is 10.1 Å². The Labute approximate surface area is 137 Å². The van der Waals surface area contributed by atoms with Crippen molar-refractivity contribution in [3.05, 3.63) is 42.5 Å². The molecule has 0 heterocycles. The van der Waals surface area contributed by atoms with Crippen molar-refractivity contribution in [2.45, 2.75) is 4.90 Å².